The molecule has 0 aliphatic carbocycles. The highest BCUT2D eigenvalue weighted by molar-refractivity contribution is 5.13. The first-order chi connectivity index (χ1) is 8.75. The minimum Gasteiger partial charge on any atom is -0.390 e. The lowest BCUT2D eigenvalue weighted by Gasteiger charge is -2.17. The topological polar surface area (TPSA) is 63.0 Å². The number of aliphatic hydroxyl groups excluding tert-OH is 1. The van der Waals surface area contributed by atoms with Crippen LogP contribution >= 0.6 is 0 Å². The SMILES string of the molecule is C[C@H](NCC(O)Cn1cccn1)c1ccncc1. The summed E-state index contributed by atoms with van der Waals surface area (Å²) in [6.45, 7) is 3.10. The third-order valence-corrected chi connectivity index (χ3v) is 2.82. The number of aromatic nitrogens is 3. The Kier molecular flexibility index (Phi) is 4.44. The zero-order valence-corrected chi connectivity index (χ0v) is 10.4. The fourth-order valence-electron chi connectivity index (χ4n) is 1.77. The van der Waals surface area contributed by atoms with E-state index in [0.29, 0.717) is 13.1 Å². The number of nitrogens with zero attached hydrogens (tertiary/aromatic N) is 3. The van der Waals surface area contributed by atoms with Crippen molar-refractivity contribution in [3.8, 4) is 0 Å². The molecular weight excluding hydrogens is 228 g/mol. The summed E-state index contributed by atoms with van der Waals surface area (Å²) in [6, 6.07) is 5.98. The Morgan fingerprint density at radius 3 is 2.78 bits per heavy atom. The second-order valence-corrected chi connectivity index (χ2v) is 4.29. The van der Waals surface area contributed by atoms with Gasteiger partial charge in [-0.1, -0.05) is 0 Å². The van der Waals surface area contributed by atoms with Crippen molar-refractivity contribution in [2.45, 2.75) is 25.6 Å². The van der Waals surface area contributed by atoms with E-state index in [1.165, 1.54) is 0 Å². The molecule has 5 nitrogen and oxygen atoms in total. The molecule has 96 valence electrons. The van der Waals surface area contributed by atoms with Crippen LogP contribution < -0.4 is 5.32 Å². The highest BCUT2D eigenvalue weighted by Gasteiger charge is 2.09. The molecule has 0 saturated carbocycles. The summed E-state index contributed by atoms with van der Waals surface area (Å²) >= 11 is 0. The largest absolute Gasteiger partial charge is 0.390 e. The van der Waals surface area contributed by atoms with Crippen LogP contribution in [0.1, 0.15) is 18.5 Å². The van der Waals surface area contributed by atoms with Gasteiger partial charge in [0.15, 0.2) is 0 Å². The van der Waals surface area contributed by atoms with Crippen LogP contribution in [-0.4, -0.2) is 32.5 Å². The minimum atomic E-state index is -0.450. The molecule has 0 spiro atoms. The quantitative estimate of drug-likeness (QED) is 0.798. The predicted octanol–water partition coefficient (Wildman–Crippen LogP) is 0.990. The molecule has 2 N–H and O–H groups in total. The number of hydrogen-bond donors (Lipinski definition) is 2. The van der Waals surface area contributed by atoms with Crippen molar-refractivity contribution < 1.29 is 5.11 Å². The summed E-state index contributed by atoms with van der Waals surface area (Å²) in [4.78, 5) is 3.98. The van der Waals surface area contributed by atoms with Gasteiger partial charge < -0.3 is 10.4 Å². The van der Waals surface area contributed by atoms with Crippen LogP contribution in [0.2, 0.25) is 0 Å². The summed E-state index contributed by atoms with van der Waals surface area (Å²) in [5.74, 6) is 0. The standard InChI is InChI=1S/C13H18N4O/c1-11(12-3-6-14-7-4-12)15-9-13(18)10-17-8-2-5-16-17/h2-8,11,13,15,18H,9-10H2,1H3/t11-,13?/m0/s1. The Hall–Kier alpha value is -1.72. The van der Waals surface area contributed by atoms with E-state index in [2.05, 4.69) is 22.3 Å². The van der Waals surface area contributed by atoms with Crippen LogP contribution in [0.4, 0.5) is 0 Å². The third kappa shape index (κ3) is 3.65. The van der Waals surface area contributed by atoms with Gasteiger partial charge in [-0.15, -0.1) is 0 Å². The van der Waals surface area contributed by atoms with Gasteiger partial charge in [0.25, 0.3) is 0 Å². The van der Waals surface area contributed by atoms with Gasteiger partial charge in [-0.3, -0.25) is 9.67 Å². The van der Waals surface area contributed by atoms with E-state index < -0.39 is 6.10 Å². The van der Waals surface area contributed by atoms with Crippen molar-refractivity contribution >= 4 is 0 Å². The molecule has 2 aromatic rings. The van der Waals surface area contributed by atoms with Crippen LogP contribution in [0.15, 0.2) is 43.0 Å². The molecule has 2 atom stereocenters. The molecule has 0 amide bonds. The van der Waals surface area contributed by atoms with Gasteiger partial charge >= 0.3 is 0 Å². The van der Waals surface area contributed by atoms with Gasteiger partial charge in [-0.05, 0) is 30.7 Å². The summed E-state index contributed by atoms with van der Waals surface area (Å²) in [5, 5.41) is 17.2. The lowest BCUT2D eigenvalue weighted by Crippen LogP contribution is -2.32. The van der Waals surface area contributed by atoms with Crippen LogP contribution in [0.25, 0.3) is 0 Å². The second-order valence-electron chi connectivity index (χ2n) is 4.29. The molecule has 2 rings (SSSR count). The molecule has 0 bridgehead atoms. The lowest BCUT2D eigenvalue weighted by atomic mass is 10.1. The van der Waals surface area contributed by atoms with E-state index in [1.807, 2.05) is 24.4 Å². The number of pyridine rings is 1. The molecule has 0 fully saturated rings. The minimum absolute atomic E-state index is 0.195. The molecular formula is C13H18N4O. The molecule has 18 heavy (non-hydrogen) atoms. The molecule has 0 aromatic carbocycles. The van der Waals surface area contributed by atoms with Gasteiger partial charge in [0.1, 0.15) is 0 Å². The average Bonchev–Trinajstić information content (AvgIpc) is 2.90. The first kappa shape index (κ1) is 12.7. The smallest absolute Gasteiger partial charge is 0.0860 e. The molecule has 0 aliphatic heterocycles. The summed E-state index contributed by atoms with van der Waals surface area (Å²) < 4.78 is 1.73. The van der Waals surface area contributed by atoms with Crippen molar-refractivity contribution in [3.05, 3.63) is 48.5 Å². The molecule has 2 aromatic heterocycles. The van der Waals surface area contributed by atoms with Crippen LogP contribution in [0.3, 0.4) is 0 Å². The molecule has 0 radical (unpaired) electrons. The predicted molar refractivity (Wildman–Crippen MR) is 68.9 cm³/mol. The maximum absolute atomic E-state index is 9.88. The van der Waals surface area contributed by atoms with E-state index >= 15 is 0 Å². The van der Waals surface area contributed by atoms with Crippen molar-refractivity contribution in [2.75, 3.05) is 6.54 Å². The van der Waals surface area contributed by atoms with Gasteiger partial charge in [0.2, 0.25) is 0 Å². The van der Waals surface area contributed by atoms with E-state index in [-0.39, 0.29) is 6.04 Å². The Balaban J connectivity index is 1.77. The Bertz CT molecular complexity index is 443. The van der Waals surface area contributed by atoms with Gasteiger partial charge in [0.05, 0.1) is 12.6 Å². The zero-order chi connectivity index (χ0) is 12.8. The van der Waals surface area contributed by atoms with Crippen LogP contribution in [0, 0.1) is 0 Å². The van der Waals surface area contributed by atoms with E-state index in [9.17, 15) is 5.11 Å². The maximum Gasteiger partial charge on any atom is 0.0860 e. The fraction of sp³-hybridized carbons (Fsp3) is 0.385. The highest BCUT2D eigenvalue weighted by Crippen LogP contribution is 2.09. The summed E-state index contributed by atoms with van der Waals surface area (Å²) in [7, 11) is 0. The second kappa shape index (κ2) is 6.28. The Labute approximate surface area is 106 Å². The van der Waals surface area contributed by atoms with Crippen molar-refractivity contribution in [3.63, 3.8) is 0 Å². The van der Waals surface area contributed by atoms with Gasteiger partial charge in [0, 0.05) is 37.4 Å². The number of rotatable bonds is 6. The fourth-order valence-corrected chi connectivity index (χ4v) is 1.77. The van der Waals surface area contributed by atoms with Crippen molar-refractivity contribution in [1.29, 1.82) is 0 Å². The molecule has 1 unspecified atom stereocenters. The summed E-state index contributed by atoms with van der Waals surface area (Å²) in [5.41, 5.74) is 1.16. The lowest BCUT2D eigenvalue weighted by molar-refractivity contribution is 0.143. The first-order valence-corrected chi connectivity index (χ1v) is 6.04. The Morgan fingerprint density at radius 1 is 1.33 bits per heavy atom. The number of hydrogen-bond acceptors (Lipinski definition) is 4. The first-order valence-electron chi connectivity index (χ1n) is 6.04. The van der Waals surface area contributed by atoms with E-state index in [4.69, 9.17) is 0 Å². The normalized spacial score (nSPS) is 14.3. The van der Waals surface area contributed by atoms with E-state index in [1.54, 1.807) is 23.3 Å². The molecule has 0 saturated heterocycles. The highest BCUT2D eigenvalue weighted by atomic mass is 16.3. The van der Waals surface area contributed by atoms with Gasteiger partial charge in [-0.2, -0.15) is 5.10 Å². The van der Waals surface area contributed by atoms with Crippen LogP contribution in [0.5, 0.6) is 0 Å². The summed E-state index contributed by atoms with van der Waals surface area (Å²) in [6.07, 6.45) is 6.64. The third-order valence-electron chi connectivity index (χ3n) is 2.82. The number of nitrogens with one attached hydrogen (secondary N) is 1. The molecule has 5 heteroatoms. The van der Waals surface area contributed by atoms with Crippen molar-refractivity contribution in [1.82, 2.24) is 20.1 Å². The Morgan fingerprint density at radius 2 is 2.11 bits per heavy atom. The van der Waals surface area contributed by atoms with Crippen LogP contribution in [-0.2, 0) is 6.54 Å². The number of aliphatic hydroxyl groups is 1. The maximum atomic E-state index is 9.88. The molecule has 0 aliphatic rings. The van der Waals surface area contributed by atoms with Crippen molar-refractivity contribution in [2.24, 2.45) is 0 Å². The van der Waals surface area contributed by atoms with E-state index in [0.717, 1.165) is 5.56 Å². The zero-order valence-electron chi connectivity index (χ0n) is 10.4. The molecule has 2 heterocycles. The average molecular weight is 246 g/mol. The monoisotopic (exact) mass is 246 g/mol. The van der Waals surface area contributed by atoms with Gasteiger partial charge in [-0.25, -0.2) is 0 Å².